The standard InChI is InChI=1S/C51H42F6N2O7S2/c1-31-13-19-37(20-14-31)67(61,62)58-29-43(39-27-35(50(52,53)54)17-23-45(39)58)41(25-33-9-5-7-11-47(33)65-3)49(60)42(26-34-10-6-8-12-48(34)66-4)44-30-59(68(63,64)38-21-15-32(2)16-22-38)46-24-18-36(28-40(44)46)51(55,56)57/h5-24,27-30,41-42H,25-26H2,1-4H3. The first kappa shape index (κ1) is 47.6. The van der Waals surface area contributed by atoms with Crippen LogP contribution in [0.15, 0.2) is 156 Å². The molecule has 0 aliphatic heterocycles. The quantitative estimate of drug-likeness (QED) is 0.0997. The Hall–Kier alpha value is -6.85. The maximum absolute atomic E-state index is 16.2. The summed E-state index contributed by atoms with van der Waals surface area (Å²) in [6, 6.07) is 29.6. The lowest BCUT2D eigenvalue weighted by molar-refractivity contribution is -0.138. The zero-order valence-electron chi connectivity index (χ0n) is 36.8. The average molecular weight is 973 g/mol. The molecule has 0 saturated carbocycles. The number of carbonyl (C=O) groups is 1. The largest absolute Gasteiger partial charge is 0.496 e. The maximum atomic E-state index is 16.2. The number of para-hydroxylation sites is 2. The number of alkyl halides is 6. The molecule has 6 aromatic carbocycles. The lowest BCUT2D eigenvalue weighted by atomic mass is 9.77. The summed E-state index contributed by atoms with van der Waals surface area (Å²) in [5.74, 6) is -3.38. The van der Waals surface area contributed by atoms with Crippen molar-refractivity contribution in [3.63, 3.8) is 0 Å². The fourth-order valence-electron chi connectivity index (χ4n) is 8.56. The normalized spacial score (nSPS) is 13.4. The van der Waals surface area contributed by atoms with E-state index in [0.717, 1.165) is 67.9 Å². The molecule has 0 radical (unpaired) electrons. The van der Waals surface area contributed by atoms with E-state index in [1.807, 2.05) is 0 Å². The number of aromatic nitrogens is 2. The number of carbonyl (C=O) groups excluding carboxylic acids is 1. The van der Waals surface area contributed by atoms with Gasteiger partial charge < -0.3 is 9.47 Å². The number of nitrogens with zero attached hydrogens (tertiary/aromatic N) is 2. The molecule has 8 aromatic rings. The molecule has 2 atom stereocenters. The topological polar surface area (TPSA) is 114 Å². The predicted molar refractivity (Wildman–Crippen MR) is 245 cm³/mol. The fraction of sp³-hybridized carbons (Fsp3) is 0.196. The van der Waals surface area contributed by atoms with Gasteiger partial charge in [0.15, 0.2) is 0 Å². The van der Waals surface area contributed by atoms with Gasteiger partial charge in [0.05, 0.1) is 46.2 Å². The second-order valence-electron chi connectivity index (χ2n) is 16.4. The van der Waals surface area contributed by atoms with Gasteiger partial charge in [-0.25, -0.2) is 24.8 Å². The molecule has 2 heterocycles. The number of aryl methyl sites for hydroxylation is 2. The molecule has 2 unspecified atom stereocenters. The van der Waals surface area contributed by atoms with Crippen molar-refractivity contribution in [1.82, 2.24) is 7.94 Å². The summed E-state index contributed by atoms with van der Waals surface area (Å²) >= 11 is 0. The van der Waals surface area contributed by atoms with Crippen LogP contribution in [0.3, 0.4) is 0 Å². The number of methoxy groups -OCH3 is 2. The Balaban J connectivity index is 1.45. The first-order valence-corrected chi connectivity index (χ1v) is 23.9. The summed E-state index contributed by atoms with van der Waals surface area (Å²) in [7, 11) is -6.39. The smallest absolute Gasteiger partial charge is 0.416 e. The van der Waals surface area contributed by atoms with E-state index >= 15 is 4.79 Å². The average Bonchev–Trinajstić information content (AvgIpc) is 3.89. The minimum atomic E-state index is -4.92. The molecule has 0 saturated heterocycles. The van der Waals surface area contributed by atoms with Crippen LogP contribution >= 0.6 is 0 Å². The molecule has 9 nitrogen and oxygen atoms in total. The van der Waals surface area contributed by atoms with Gasteiger partial charge >= 0.3 is 12.4 Å². The molecule has 0 spiro atoms. The van der Waals surface area contributed by atoms with E-state index in [1.165, 1.54) is 38.5 Å². The zero-order chi connectivity index (χ0) is 48.9. The third-order valence-electron chi connectivity index (χ3n) is 12.1. The maximum Gasteiger partial charge on any atom is 0.416 e. The summed E-state index contributed by atoms with van der Waals surface area (Å²) in [5.41, 5.74) is -0.767. The highest BCUT2D eigenvalue weighted by Crippen LogP contribution is 2.44. The molecule has 0 bridgehead atoms. The van der Waals surface area contributed by atoms with E-state index in [-0.39, 0.29) is 67.1 Å². The molecular weight excluding hydrogens is 931 g/mol. The number of ether oxygens (including phenoxy) is 2. The van der Waals surface area contributed by atoms with Crippen molar-refractivity contribution in [3.05, 3.63) is 190 Å². The molecule has 68 heavy (non-hydrogen) atoms. The lowest BCUT2D eigenvalue weighted by Crippen LogP contribution is -2.25. The molecule has 0 aliphatic rings. The number of hydrogen-bond acceptors (Lipinski definition) is 7. The molecule has 0 N–H and O–H groups in total. The Morgan fingerprint density at radius 1 is 0.529 bits per heavy atom. The van der Waals surface area contributed by atoms with Gasteiger partial charge in [0.1, 0.15) is 17.3 Å². The molecular formula is C51H42F6N2O7S2. The van der Waals surface area contributed by atoms with Crippen LogP contribution < -0.4 is 9.47 Å². The van der Waals surface area contributed by atoms with Crippen molar-refractivity contribution in [2.24, 2.45) is 0 Å². The summed E-state index contributed by atoms with van der Waals surface area (Å²) in [5, 5.41) is -0.493. The number of Topliss-reactive ketones (excluding diaryl/α,β-unsaturated/α-hetero) is 1. The molecule has 0 amide bonds. The van der Waals surface area contributed by atoms with Crippen LogP contribution in [0.5, 0.6) is 11.5 Å². The third-order valence-corrected chi connectivity index (χ3v) is 15.5. The van der Waals surface area contributed by atoms with Gasteiger partial charge in [0.25, 0.3) is 20.0 Å². The first-order valence-electron chi connectivity index (χ1n) is 21.0. The minimum Gasteiger partial charge on any atom is -0.496 e. The van der Waals surface area contributed by atoms with E-state index in [4.69, 9.17) is 9.47 Å². The Kier molecular flexibility index (Phi) is 12.6. The van der Waals surface area contributed by atoms with E-state index in [1.54, 1.807) is 86.6 Å². The Morgan fingerprint density at radius 3 is 1.22 bits per heavy atom. The van der Waals surface area contributed by atoms with Gasteiger partial charge in [-0.15, -0.1) is 0 Å². The van der Waals surface area contributed by atoms with Gasteiger partial charge in [-0.1, -0.05) is 71.8 Å². The van der Waals surface area contributed by atoms with Crippen LogP contribution in [-0.4, -0.2) is 44.8 Å². The second-order valence-corrected chi connectivity index (χ2v) is 20.0. The third kappa shape index (κ3) is 8.99. The van der Waals surface area contributed by atoms with E-state index < -0.39 is 61.1 Å². The van der Waals surface area contributed by atoms with Crippen LogP contribution in [-0.2, 0) is 50.0 Å². The summed E-state index contributed by atoms with van der Waals surface area (Å²) in [4.78, 5) is 15.8. The van der Waals surface area contributed by atoms with Crippen molar-refractivity contribution in [2.45, 2.75) is 60.7 Å². The number of hydrogen-bond donors (Lipinski definition) is 0. The van der Waals surface area contributed by atoms with Crippen molar-refractivity contribution < 1.29 is 57.4 Å². The van der Waals surface area contributed by atoms with Crippen molar-refractivity contribution >= 4 is 47.6 Å². The highest BCUT2D eigenvalue weighted by molar-refractivity contribution is 7.90. The fourth-order valence-corrected chi connectivity index (χ4v) is 11.3. The first-order chi connectivity index (χ1) is 32.1. The predicted octanol–water partition coefficient (Wildman–Crippen LogP) is 11.7. The number of ketones is 1. The monoisotopic (exact) mass is 972 g/mol. The van der Waals surface area contributed by atoms with E-state index in [2.05, 4.69) is 0 Å². The van der Waals surface area contributed by atoms with Crippen LogP contribution in [0.25, 0.3) is 21.8 Å². The molecule has 8 rings (SSSR count). The number of fused-ring (bicyclic) bond motifs is 2. The SMILES string of the molecule is COc1ccccc1CC(C(=O)C(Cc1ccccc1OC)c1cn(S(=O)(=O)c2ccc(C)cc2)c2ccc(C(F)(F)F)cc12)c1cn(S(=O)(=O)c2ccc(C)cc2)c2ccc(C(F)(F)F)cc12. The highest BCUT2D eigenvalue weighted by atomic mass is 32.2. The molecule has 17 heteroatoms. The van der Waals surface area contributed by atoms with Gasteiger partial charge in [0.2, 0.25) is 0 Å². The lowest BCUT2D eigenvalue weighted by Gasteiger charge is -2.24. The summed E-state index contributed by atoms with van der Waals surface area (Å²) < 4.78 is 159. The Bertz CT molecular complexity index is 3210. The number of benzene rings is 6. The molecule has 0 aliphatic carbocycles. The van der Waals surface area contributed by atoms with Crippen LogP contribution in [0.4, 0.5) is 26.3 Å². The van der Waals surface area contributed by atoms with Crippen LogP contribution in [0.1, 0.15) is 56.3 Å². The van der Waals surface area contributed by atoms with Crippen LogP contribution in [0, 0.1) is 13.8 Å². The number of rotatable bonds is 14. The molecule has 352 valence electrons. The molecule has 0 fully saturated rings. The van der Waals surface area contributed by atoms with Crippen molar-refractivity contribution in [1.29, 1.82) is 0 Å². The van der Waals surface area contributed by atoms with Crippen molar-refractivity contribution in [2.75, 3.05) is 14.2 Å². The second kappa shape index (κ2) is 18.0. The molecule has 2 aromatic heterocycles. The van der Waals surface area contributed by atoms with Gasteiger partial charge in [-0.2, -0.15) is 26.3 Å². The minimum absolute atomic E-state index is 0.158. The van der Waals surface area contributed by atoms with E-state index in [9.17, 15) is 43.2 Å². The summed E-state index contributed by atoms with van der Waals surface area (Å²) in [6.45, 7) is 3.49. The number of halogens is 6. The Morgan fingerprint density at radius 2 is 0.882 bits per heavy atom. The van der Waals surface area contributed by atoms with E-state index in [0.29, 0.717) is 11.1 Å². The summed E-state index contributed by atoms with van der Waals surface area (Å²) in [6.07, 6.45) is -8.27. The van der Waals surface area contributed by atoms with Crippen molar-refractivity contribution in [3.8, 4) is 11.5 Å². The highest BCUT2D eigenvalue weighted by Gasteiger charge is 2.39. The van der Waals surface area contributed by atoms with Gasteiger partial charge in [0, 0.05) is 35.0 Å². The Labute approximate surface area is 388 Å². The zero-order valence-corrected chi connectivity index (χ0v) is 38.4. The van der Waals surface area contributed by atoms with Crippen LogP contribution in [0.2, 0.25) is 0 Å². The van der Waals surface area contributed by atoms with Gasteiger partial charge in [-0.3, -0.25) is 4.79 Å². The van der Waals surface area contributed by atoms with Gasteiger partial charge in [-0.05, 0) is 122 Å².